The molecule has 1 aliphatic heterocycles. The van der Waals surface area contributed by atoms with Gasteiger partial charge in [0.2, 0.25) is 0 Å². The van der Waals surface area contributed by atoms with E-state index in [2.05, 4.69) is 4.98 Å². The molecule has 11 nitrogen and oxygen atoms in total. The van der Waals surface area contributed by atoms with E-state index in [9.17, 15) is 24.0 Å². The van der Waals surface area contributed by atoms with E-state index in [-0.39, 0.29) is 22.3 Å². The number of hydrogen-bond donors (Lipinski definition) is 1. The summed E-state index contributed by atoms with van der Waals surface area (Å²) in [5.41, 5.74) is -0.564. The van der Waals surface area contributed by atoms with Crippen molar-refractivity contribution in [3.63, 3.8) is 0 Å². The molecule has 0 aliphatic carbocycles. The van der Waals surface area contributed by atoms with Crippen LogP contribution in [0.25, 0.3) is 0 Å². The molecule has 0 radical (unpaired) electrons. The van der Waals surface area contributed by atoms with Gasteiger partial charge in [-0.3, -0.25) is 14.3 Å². The Bertz CT molecular complexity index is 1680. The molecule has 1 aliphatic rings. The largest absolute Gasteiger partial charge is 0.459 e. The molecule has 0 amide bonds. The summed E-state index contributed by atoms with van der Waals surface area (Å²) in [6, 6.07) is 24.4. The van der Waals surface area contributed by atoms with Crippen molar-refractivity contribution in [2.45, 2.75) is 31.5 Å². The minimum atomic E-state index is -1.38. The van der Waals surface area contributed by atoms with Crippen molar-refractivity contribution in [1.29, 1.82) is 0 Å². The fourth-order valence-electron chi connectivity index (χ4n) is 4.46. The zero-order valence-corrected chi connectivity index (χ0v) is 22.4. The number of aromatic nitrogens is 2. The fraction of sp³-hybridized carbons (Fsp3) is 0.194. The van der Waals surface area contributed by atoms with Crippen molar-refractivity contribution in [3.8, 4) is 0 Å². The highest BCUT2D eigenvalue weighted by Crippen LogP contribution is 2.34. The number of benzene rings is 3. The van der Waals surface area contributed by atoms with Crippen LogP contribution in [0.2, 0.25) is 0 Å². The van der Waals surface area contributed by atoms with Gasteiger partial charge in [-0.05, 0) is 43.3 Å². The first-order chi connectivity index (χ1) is 20.3. The summed E-state index contributed by atoms with van der Waals surface area (Å²) in [5, 5.41) is 0. The normalized spacial score (nSPS) is 19.5. The van der Waals surface area contributed by atoms with E-state index < -0.39 is 60.3 Å². The highest BCUT2D eigenvalue weighted by Gasteiger charge is 2.51. The van der Waals surface area contributed by atoms with Crippen molar-refractivity contribution < 1.29 is 33.3 Å². The number of hydrogen-bond acceptors (Lipinski definition) is 9. The summed E-state index contributed by atoms with van der Waals surface area (Å²) >= 11 is 0. The first-order valence-corrected chi connectivity index (χ1v) is 13.0. The Labute approximate surface area is 239 Å². The molecule has 4 aromatic rings. The van der Waals surface area contributed by atoms with Gasteiger partial charge in [0.25, 0.3) is 5.56 Å². The molecule has 214 valence electrons. The van der Waals surface area contributed by atoms with Gasteiger partial charge in [0.05, 0.1) is 16.7 Å². The second-order valence-electron chi connectivity index (χ2n) is 9.48. The minimum absolute atomic E-state index is 0.183. The number of nitrogens with one attached hydrogen (secondary N) is 1. The van der Waals surface area contributed by atoms with Crippen LogP contribution in [-0.4, -0.2) is 52.4 Å². The van der Waals surface area contributed by atoms with Crippen LogP contribution < -0.4 is 11.2 Å². The van der Waals surface area contributed by atoms with Crippen LogP contribution in [0.3, 0.4) is 0 Å². The summed E-state index contributed by atoms with van der Waals surface area (Å²) < 4.78 is 24.3. The maximum Gasteiger partial charge on any atom is 0.338 e. The Kier molecular flexibility index (Phi) is 8.39. The van der Waals surface area contributed by atoms with Gasteiger partial charge in [0.1, 0.15) is 12.7 Å². The van der Waals surface area contributed by atoms with Crippen LogP contribution in [0, 0.1) is 6.92 Å². The van der Waals surface area contributed by atoms with Crippen molar-refractivity contribution >= 4 is 17.9 Å². The maximum absolute atomic E-state index is 13.2. The van der Waals surface area contributed by atoms with Crippen molar-refractivity contribution in [3.05, 3.63) is 140 Å². The van der Waals surface area contributed by atoms with E-state index in [1.54, 1.807) is 78.9 Å². The highest BCUT2D eigenvalue weighted by molar-refractivity contribution is 5.91. The number of rotatable bonds is 8. The van der Waals surface area contributed by atoms with Crippen LogP contribution in [0.1, 0.15) is 42.9 Å². The number of carbonyl (C=O) groups excluding carboxylic acids is 3. The van der Waals surface area contributed by atoms with E-state index in [4.69, 9.17) is 18.9 Å². The highest BCUT2D eigenvalue weighted by atomic mass is 16.7. The van der Waals surface area contributed by atoms with Crippen LogP contribution in [0.5, 0.6) is 0 Å². The molecule has 11 heteroatoms. The Balaban J connectivity index is 1.52. The number of ether oxygens (including phenoxy) is 4. The fourth-order valence-corrected chi connectivity index (χ4v) is 4.46. The van der Waals surface area contributed by atoms with E-state index in [1.807, 2.05) is 0 Å². The number of aromatic amines is 1. The Morgan fingerprint density at radius 1 is 0.738 bits per heavy atom. The molecule has 0 saturated carbocycles. The summed E-state index contributed by atoms with van der Waals surface area (Å²) in [7, 11) is 0. The molecule has 4 atom stereocenters. The van der Waals surface area contributed by atoms with Crippen molar-refractivity contribution in [1.82, 2.24) is 9.55 Å². The molecule has 3 aromatic carbocycles. The van der Waals surface area contributed by atoms with E-state index in [0.29, 0.717) is 0 Å². The average Bonchev–Trinajstić information content (AvgIpc) is 3.34. The molecule has 0 bridgehead atoms. The molecule has 1 N–H and O–H groups in total. The lowest BCUT2D eigenvalue weighted by atomic mass is 10.1. The monoisotopic (exact) mass is 570 g/mol. The van der Waals surface area contributed by atoms with Crippen molar-refractivity contribution in [2.24, 2.45) is 0 Å². The lowest BCUT2D eigenvalue weighted by Crippen LogP contribution is -2.43. The quantitative estimate of drug-likeness (QED) is 0.250. The van der Waals surface area contributed by atoms with Gasteiger partial charge in [-0.15, -0.1) is 0 Å². The first kappa shape index (κ1) is 28.2. The predicted octanol–water partition coefficient (Wildman–Crippen LogP) is 3.05. The maximum atomic E-state index is 13.2. The average molecular weight is 571 g/mol. The number of aryl methyl sites for hydroxylation is 1. The second kappa shape index (κ2) is 12.5. The van der Waals surface area contributed by atoms with Crippen molar-refractivity contribution in [2.75, 3.05) is 6.61 Å². The minimum Gasteiger partial charge on any atom is -0.459 e. The van der Waals surface area contributed by atoms with E-state index in [0.717, 1.165) is 4.57 Å². The van der Waals surface area contributed by atoms with Gasteiger partial charge in [-0.2, -0.15) is 0 Å². The Morgan fingerprint density at radius 3 is 1.74 bits per heavy atom. The number of H-pyrrole nitrogens is 1. The third-order valence-electron chi connectivity index (χ3n) is 6.60. The van der Waals surface area contributed by atoms with E-state index >= 15 is 0 Å². The number of carbonyl (C=O) groups is 3. The molecule has 1 fully saturated rings. The molecule has 1 saturated heterocycles. The Morgan fingerprint density at radius 2 is 1.21 bits per heavy atom. The van der Waals surface area contributed by atoms with Crippen LogP contribution in [0.15, 0.2) is 107 Å². The molecule has 0 unspecified atom stereocenters. The third-order valence-corrected chi connectivity index (χ3v) is 6.60. The van der Waals surface area contributed by atoms with Gasteiger partial charge in [0, 0.05) is 11.8 Å². The van der Waals surface area contributed by atoms with E-state index in [1.165, 1.54) is 25.3 Å². The van der Waals surface area contributed by atoms with Gasteiger partial charge in [0.15, 0.2) is 18.4 Å². The summed E-state index contributed by atoms with van der Waals surface area (Å²) in [5.74, 6) is -2.19. The molecular weight excluding hydrogens is 544 g/mol. The van der Waals surface area contributed by atoms with Gasteiger partial charge in [-0.25, -0.2) is 19.2 Å². The molecule has 2 heterocycles. The molecule has 1 aromatic heterocycles. The van der Waals surface area contributed by atoms with Gasteiger partial charge >= 0.3 is 23.6 Å². The molecule has 0 spiro atoms. The number of esters is 3. The SMILES string of the molecule is Cc1cn([C@H]2O[C@@H](COC(=O)c3ccccc3)[C@H](OC(=O)c3ccccc3)[C@H]2OC(=O)c2ccccc2)c(=O)[nH]c1=O. The molecular formula is C31H26N2O9. The molecule has 42 heavy (non-hydrogen) atoms. The summed E-state index contributed by atoms with van der Waals surface area (Å²) in [6.45, 7) is 1.08. The summed E-state index contributed by atoms with van der Waals surface area (Å²) in [6.07, 6.45) is -3.96. The predicted molar refractivity (Wildman–Crippen MR) is 148 cm³/mol. The number of nitrogens with zero attached hydrogens (tertiary/aromatic N) is 1. The second-order valence-corrected chi connectivity index (χ2v) is 9.48. The standard InChI is InChI=1S/C31H26N2O9/c1-19-17-33(31(38)32-26(19)34)27-25(42-30(37)22-15-9-4-10-16-22)24(41-29(36)21-13-7-3-8-14-21)23(40-27)18-39-28(35)20-11-5-2-6-12-20/h2-17,23-25,27H,18H2,1H3,(H,32,34,38)/t23-,24-,25+,27-/m0/s1. The van der Waals surface area contributed by atoms with Crippen LogP contribution >= 0.6 is 0 Å². The van der Waals surface area contributed by atoms with Crippen LogP contribution in [0.4, 0.5) is 0 Å². The molecule has 5 rings (SSSR count). The summed E-state index contributed by atoms with van der Waals surface area (Å²) in [4.78, 5) is 66.2. The van der Waals surface area contributed by atoms with Gasteiger partial charge in [-0.1, -0.05) is 54.6 Å². The smallest absolute Gasteiger partial charge is 0.338 e. The topological polar surface area (TPSA) is 143 Å². The Hall–Kier alpha value is -5.29. The zero-order valence-electron chi connectivity index (χ0n) is 22.4. The first-order valence-electron chi connectivity index (χ1n) is 13.0. The van der Waals surface area contributed by atoms with Gasteiger partial charge < -0.3 is 18.9 Å². The zero-order chi connectivity index (χ0) is 29.6. The van der Waals surface area contributed by atoms with Crippen LogP contribution in [-0.2, 0) is 18.9 Å². The lowest BCUT2D eigenvalue weighted by molar-refractivity contribution is -0.0640. The third kappa shape index (κ3) is 6.21. The lowest BCUT2D eigenvalue weighted by Gasteiger charge is -2.25.